The predicted molar refractivity (Wildman–Crippen MR) is 79.8 cm³/mol. The Morgan fingerprint density at radius 1 is 0.864 bits per heavy atom. The van der Waals surface area contributed by atoms with Crippen molar-refractivity contribution in [2.45, 2.75) is 6.18 Å². The zero-order valence-electron chi connectivity index (χ0n) is 11.4. The first kappa shape index (κ1) is 14.3. The summed E-state index contributed by atoms with van der Waals surface area (Å²) in [6.45, 7) is 0. The zero-order valence-corrected chi connectivity index (χ0v) is 11.4. The Morgan fingerprint density at radius 2 is 1.55 bits per heavy atom. The van der Waals surface area contributed by atoms with E-state index in [9.17, 15) is 18.0 Å². The van der Waals surface area contributed by atoms with Gasteiger partial charge in [-0.05, 0) is 46.2 Å². The number of halogens is 3. The second-order valence-electron chi connectivity index (χ2n) is 4.98. The van der Waals surface area contributed by atoms with Crippen LogP contribution in [0.15, 0.2) is 60.7 Å². The van der Waals surface area contributed by atoms with Gasteiger partial charge in [0.1, 0.15) is 6.29 Å². The maximum absolute atomic E-state index is 12.6. The van der Waals surface area contributed by atoms with Gasteiger partial charge < -0.3 is 0 Å². The van der Waals surface area contributed by atoms with Crippen molar-refractivity contribution >= 4 is 17.1 Å². The molecule has 0 aliphatic heterocycles. The lowest BCUT2D eigenvalue weighted by atomic mass is 9.95. The lowest BCUT2D eigenvalue weighted by Gasteiger charge is -2.10. The maximum atomic E-state index is 12.6. The van der Waals surface area contributed by atoms with Crippen LogP contribution in [0.4, 0.5) is 13.2 Å². The Balaban J connectivity index is 2.19. The summed E-state index contributed by atoms with van der Waals surface area (Å²) in [5, 5.41) is 1.77. The van der Waals surface area contributed by atoms with Crippen molar-refractivity contribution < 1.29 is 18.0 Å². The van der Waals surface area contributed by atoms with Gasteiger partial charge in [-0.15, -0.1) is 0 Å². The summed E-state index contributed by atoms with van der Waals surface area (Å²) in [6, 6.07) is 15.9. The van der Waals surface area contributed by atoms with Crippen LogP contribution in [0.3, 0.4) is 0 Å². The summed E-state index contributed by atoms with van der Waals surface area (Å²) in [5.74, 6) is 0. The first-order chi connectivity index (χ1) is 10.5. The van der Waals surface area contributed by atoms with Crippen LogP contribution in [0.5, 0.6) is 0 Å². The number of fused-ring (bicyclic) bond motifs is 1. The third kappa shape index (κ3) is 2.60. The van der Waals surface area contributed by atoms with Gasteiger partial charge in [0.05, 0.1) is 5.56 Å². The van der Waals surface area contributed by atoms with Crippen LogP contribution in [-0.4, -0.2) is 6.29 Å². The molecule has 0 aliphatic rings. The summed E-state index contributed by atoms with van der Waals surface area (Å²) in [5.41, 5.74) is 1.20. The quantitative estimate of drug-likeness (QED) is 0.584. The van der Waals surface area contributed by atoms with Gasteiger partial charge in [-0.25, -0.2) is 0 Å². The van der Waals surface area contributed by atoms with Gasteiger partial charge in [-0.2, -0.15) is 13.2 Å². The van der Waals surface area contributed by atoms with Gasteiger partial charge in [-0.3, -0.25) is 4.79 Å². The molecule has 0 radical (unpaired) electrons. The second-order valence-corrected chi connectivity index (χ2v) is 4.98. The van der Waals surface area contributed by atoms with E-state index in [0.29, 0.717) is 11.1 Å². The smallest absolute Gasteiger partial charge is 0.298 e. The number of rotatable bonds is 2. The van der Waals surface area contributed by atoms with Crippen molar-refractivity contribution in [1.82, 2.24) is 0 Å². The van der Waals surface area contributed by atoms with Gasteiger partial charge in [-0.1, -0.05) is 36.4 Å². The molecule has 3 rings (SSSR count). The van der Waals surface area contributed by atoms with Crippen molar-refractivity contribution in [2.24, 2.45) is 0 Å². The Kier molecular flexibility index (Phi) is 3.45. The Bertz CT molecular complexity index is 833. The second kappa shape index (κ2) is 5.30. The molecule has 4 heteroatoms. The third-order valence-corrected chi connectivity index (χ3v) is 3.54. The minimum absolute atomic E-state index is 0.494. The van der Waals surface area contributed by atoms with Crippen molar-refractivity contribution in [2.75, 3.05) is 0 Å². The molecule has 110 valence electrons. The molecule has 3 aromatic rings. The fraction of sp³-hybridized carbons (Fsp3) is 0.0556. The predicted octanol–water partition coefficient (Wildman–Crippen LogP) is 5.34. The molecule has 0 aromatic heterocycles. The summed E-state index contributed by atoms with van der Waals surface area (Å²) in [4.78, 5) is 11.1. The van der Waals surface area contributed by atoms with Crippen LogP contribution in [0.25, 0.3) is 21.9 Å². The molecule has 1 nitrogen and oxygen atoms in total. The van der Waals surface area contributed by atoms with E-state index >= 15 is 0 Å². The van der Waals surface area contributed by atoms with E-state index in [-0.39, 0.29) is 0 Å². The van der Waals surface area contributed by atoms with E-state index in [4.69, 9.17) is 0 Å². The van der Waals surface area contributed by atoms with E-state index in [1.165, 1.54) is 12.1 Å². The normalized spacial score (nSPS) is 11.6. The molecule has 0 N–H and O–H groups in total. The number of carbonyl (C=O) groups is 1. The number of hydrogen-bond acceptors (Lipinski definition) is 1. The minimum Gasteiger partial charge on any atom is -0.298 e. The summed E-state index contributed by atoms with van der Waals surface area (Å²) in [6.07, 6.45) is -3.62. The van der Waals surface area contributed by atoms with E-state index in [2.05, 4.69) is 0 Å². The number of carbonyl (C=O) groups excluding carboxylic acids is 1. The van der Waals surface area contributed by atoms with Crippen LogP contribution in [-0.2, 0) is 6.18 Å². The molecule has 22 heavy (non-hydrogen) atoms. The first-order valence-corrected chi connectivity index (χ1v) is 6.64. The lowest BCUT2D eigenvalue weighted by Crippen LogP contribution is -2.04. The SMILES string of the molecule is O=Cc1cc(-c2ccc(C(F)(F)F)cc2)c2ccccc2c1. The molecule has 0 fully saturated rings. The molecule has 0 bridgehead atoms. The highest BCUT2D eigenvalue weighted by Gasteiger charge is 2.30. The summed E-state index contributed by atoms with van der Waals surface area (Å²) >= 11 is 0. The van der Waals surface area contributed by atoms with Crippen molar-refractivity contribution in [3.05, 3.63) is 71.8 Å². The van der Waals surface area contributed by atoms with Gasteiger partial charge in [0.25, 0.3) is 0 Å². The zero-order chi connectivity index (χ0) is 15.7. The van der Waals surface area contributed by atoms with Gasteiger partial charge in [0.2, 0.25) is 0 Å². The minimum atomic E-state index is -4.36. The standard InChI is InChI=1S/C18H11F3O/c19-18(20,21)15-7-5-13(6-8-15)17-10-12(11-22)9-14-3-1-2-4-16(14)17/h1-11H. The van der Waals surface area contributed by atoms with Crippen molar-refractivity contribution in [3.8, 4) is 11.1 Å². The molecule has 0 amide bonds. The Morgan fingerprint density at radius 3 is 2.18 bits per heavy atom. The Labute approximate surface area is 125 Å². The van der Waals surface area contributed by atoms with Crippen LogP contribution in [0.2, 0.25) is 0 Å². The van der Waals surface area contributed by atoms with Gasteiger partial charge >= 0.3 is 6.18 Å². The van der Waals surface area contributed by atoms with E-state index in [1.807, 2.05) is 24.3 Å². The molecule has 0 saturated carbocycles. The fourth-order valence-corrected chi connectivity index (χ4v) is 2.48. The molecular formula is C18H11F3O. The lowest BCUT2D eigenvalue weighted by molar-refractivity contribution is -0.137. The van der Waals surface area contributed by atoms with Crippen molar-refractivity contribution in [3.63, 3.8) is 0 Å². The highest BCUT2D eigenvalue weighted by Crippen LogP contribution is 2.33. The average molecular weight is 300 g/mol. The van der Waals surface area contributed by atoms with Crippen LogP contribution < -0.4 is 0 Å². The molecule has 3 aromatic carbocycles. The number of hydrogen-bond donors (Lipinski definition) is 0. The number of benzene rings is 3. The molecule has 0 aliphatic carbocycles. The van der Waals surface area contributed by atoms with Gasteiger partial charge in [0, 0.05) is 5.56 Å². The number of aldehydes is 1. The van der Waals surface area contributed by atoms with Crippen LogP contribution in [0, 0.1) is 0 Å². The third-order valence-electron chi connectivity index (χ3n) is 3.54. The Hall–Kier alpha value is -2.62. The molecule has 0 saturated heterocycles. The molecule has 0 unspecified atom stereocenters. The van der Waals surface area contributed by atoms with E-state index in [0.717, 1.165) is 34.8 Å². The maximum Gasteiger partial charge on any atom is 0.416 e. The largest absolute Gasteiger partial charge is 0.416 e. The van der Waals surface area contributed by atoms with E-state index in [1.54, 1.807) is 12.1 Å². The highest BCUT2D eigenvalue weighted by atomic mass is 19.4. The number of alkyl halides is 3. The van der Waals surface area contributed by atoms with Crippen LogP contribution in [0.1, 0.15) is 15.9 Å². The van der Waals surface area contributed by atoms with Gasteiger partial charge in [0.15, 0.2) is 0 Å². The molecule has 0 heterocycles. The van der Waals surface area contributed by atoms with Crippen LogP contribution >= 0.6 is 0 Å². The van der Waals surface area contributed by atoms with Crippen molar-refractivity contribution in [1.29, 1.82) is 0 Å². The molecule has 0 atom stereocenters. The fourth-order valence-electron chi connectivity index (χ4n) is 2.48. The highest BCUT2D eigenvalue weighted by molar-refractivity contribution is 6.00. The van der Waals surface area contributed by atoms with E-state index < -0.39 is 11.7 Å². The molecule has 0 spiro atoms. The molecular weight excluding hydrogens is 289 g/mol. The summed E-state index contributed by atoms with van der Waals surface area (Å²) < 4.78 is 37.9. The topological polar surface area (TPSA) is 17.1 Å². The first-order valence-electron chi connectivity index (χ1n) is 6.64. The average Bonchev–Trinajstić information content (AvgIpc) is 2.53. The summed E-state index contributed by atoms with van der Waals surface area (Å²) in [7, 11) is 0. The monoisotopic (exact) mass is 300 g/mol.